The Labute approximate surface area is 82.2 Å². The van der Waals surface area contributed by atoms with Gasteiger partial charge in [0.05, 0.1) is 6.61 Å². The first-order valence-electron chi connectivity index (χ1n) is 3.68. The number of halogens is 3. The number of aliphatic hydroxyl groups excluding tert-OH is 1. The highest BCUT2D eigenvalue weighted by atomic mass is 32.1. The Bertz CT molecular complexity index is 301. The van der Waals surface area contributed by atoms with Gasteiger partial charge in [-0.3, -0.25) is 0 Å². The molecule has 0 amide bonds. The third-order valence-corrected chi connectivity index (χ3v) is 2.26. The van der Waals surface area contributed by atoms with Crippen molar-refractivity contribution < 1.29 is 18.3 Å². The minimum Gasteiger partial charge on any atom is -0.395 e. The van der Waals surface area contributed by atoms with Crippen LogP contribution in [0.3, 0.4) is 0 Å². The molecule has 1 rings (SSSR count). The lowest BCUT2D eigenvalue weighted by atomic mass is 10.6. The van der Waals surface area contributed by atoms with Crippen molar-refractivity contribution in [3.05, 3.63) is 5.82 Å². The summed E-state index contributed by atoms with van der Waals surface area (Å²) in [6.45, 7) is 0.0872. The lowest BCUT2D eigenvalue weighted by molar-refractivity contribution is -0.144. The molecule has 0 atom stereocenters. The van der Waals surface area contributed by atoms with Crippen molar-refractivity contribution >= 4 is 16.7 Å². The minimum atomic E-state index is -4.51. The fraction of sp³-hybridized carbons (Fsp3) is 0.667. The maximum absolute atomic E-state index is 12.1. The van der Waals surface area contributed by atoms with Crippen molar-refractivity contribution in [2.45, 2.75) is 6.18 Å². The zero-order valence-corrected chi connectivity index (χ0v) is 8.06. The molecule has 1 aromatic rings. The van der Waals surface area contributed by atoms with Gasteiger partial charge in [0.15, 0.2) is 0 Å². The van der Waals surface area contributed by atoms with Gasteiger partial charge in [0.2, 0.25) is 11.0 Å². The molecular weight excluding hydrogens is 219 g/mol. The number of rotatable bonds is 3. The molecule has 0 radical (unpaired) electrons. The van der Waals surface area contributed by atoms with E-state index in [1.54, 1.807) is 0 Å². The summed E-state index contributed by atoms with van der Waals surface area (Å²) in [5.74, 6) is -1.14. The lowest BCUT2D eigenvalue weighted by Gasteiger charge is -2.12. The van der Waals surface area contributed by atoms with Crippen molar-refractivity contribution in [1.29, 1.82) is 0 Å². The van der Waals surface area contributed by atoms with Crippen LogP contribution in [0.15, 0.2) is 0 Å². The topological polar surface area (TPSA) is 49.2 Å². The van der Waals surface area contributed by atoms with Crippen LogP contribution in [0.1, 0.15) is 5.82 Å². The Balaban J connectivity index is 2.78. The first-order valence-corrected chi connectivity index (χ1v) is 4.45. The Kier molecular flexibility index (Phi) is 3.27. The van der Waals surface area contributed by atoms with Crippen LogP contribution in [-0.4, -0.2) is 34.7 Å². The second-order valence-electron chi connectivity index (χ2n) is 2.54. The molecule has 4 nitrogen and oxygen atoms in total. The summed E-state index contributed by atoms with van der Waals surface area (Å²) in [5.41, 5.74) is 0. The Morgan fingerprint density at radius 3 is 2.57 bits per heavy atom. The molecular formula is C6H8F3N3OS. The number of hydrogen-bond donors (Lipinski definition) is 1. The molecule has 0 fully saturated rings. The van der Waals surface area contributed by atoms with Crippen LogP contribution in [0.2, 0.25) is 0 Å². The first kappa shape index (κ1) is 11.2. The average molecular weight is 227 g/mol. The number of likely N-dealkylation sites (N-methyl/N-ethyl adjacent to an activating group) is 1. The van der Waals surface area contributed by atoms with E-state index in [0.29, 0.717) is 11.5 Å². The van der Waals surface area contributed by atoms with Gasteiger partial charge in [-0.05, 0) is 0 Å². The van der Waals surface area contributed by atoms with Crippen LogP contribution in [0.5, 0.6) is 0 Å². The zero-order valence-electron chi connectivity index (χ0n) is 7.25. The largest absolute Gasteiger partial charge is 0.452 e. The monoisotopic (exact) mass is 227 g/mol. The highest BCUT2D eigenvalue weighted by Gasteiger charge is 2.36. The molecule has 8 heteroatoms. The number of alkyl halides is 3. The average Bonchev–Trinajstić information content (AvgIpc) is 2.51. The van der Waals surface area contributed by atoms with E-state index in [-0.39, 0.29) is 18.3 Å². The first-order chi connectivity index (χ1) is 6.45. The summed E-state index contributed by atoms with van der Waals surface area (Å²) in [4.78, 5) is 4.71. The van der Waals surface area contributed by atoms with Crippen LogP contribution in [0.4, 0.5) is 18.3 Å². The van der Waals surface area contributed by atoms with E-state index >= 15 is 0 Å². The van der Waals surface area contributed by atoms with Crippen molar-refractivity contribution in [2.75, 3.05) is 25.1 Å². The Morgan fingerprint density at radius 1 is 1.50 bits per heavy atom. The van der Waals surface area contributed by atoms with Gasteiger partial charge in [0, 0.05) is 25.1 Å². The van der Waals surface area contributed by atoms with E-state index in [2.05, 4.69) is 9.36 Å². The van der Waals surface area contributed by atoms with Crippen LogP contribution < -0.4 is 4.90 Å². The fourth-order valence-electron chi connectivity index (χ4n) is 0.731. The van der Waals surface area contributed by atoms with Gasteiger partial charge in [-0.1, -0.05) is 0 Å². The number of nitrogens with zero attached hydrogens (tertiary/aromatic N) is 3. The molecule has 80 valence electrons. The molecule has 0 saturated carbocycles. The second-order valence-corrected chi connectivity index (χ2v) is 3.27. The maximum atomic E-state index is 12.1. The van der Waals surface area contributed by atoms with Crippen molar-refractivity contribution in [3.63, 3.8) is 0 Å². The standard InChI is InChI=1S/C6H8F3N3OS/c1-12(2-3-13)5-10-4(11-14-5)6(7,8)9/h13H,2-3H2,1H3. The van der Waals surface area contributed by atoms with Crippen molar-refractivity contribution in [3.8, 4) is 0 Å². The van der Waals surface area contributed by atoms with Crippen LogP contribution >= 0.6 is 11.5 Å². The smallest absolute Gasteiger partial charge is 0.395 e. The quantitative estimate of drug-likeness (QED) is 0.836. The summed E-state index contributed by atoms with van der Waals surface area (Å²) in [6.07, 6.45) is -4.51. The normalized spacial score (nSPS) is 11.8. The maximum Gasteiger partial charge on any atom is 0.452 e. The van der Waals surface area contributed by atoms with Gasteiger partial charge in [0.1, 0.15) is 0 Å². The fourth-order valence-corrected chi connectivity index (χ4v) is 1.40. The van der Waals surface area contributed by atoms with Gasteiger partial charge >= 0.3 is 6.18 Å². The molecule has 0 spiro atoms. The molecule has 14 heavy (non-hydrogen) atoms. The SMILES string of the molecule is CN(CCO)c1nc(C(F)(F)F)ns1. The summed E-state index contributed by atoms with van der Waals surface area (Å²) < 4.78 is 39.4. The molecule has 1 N–H and O–H groups in total. The molecule has 0 aliphatic rings. The van der Waals surface area contributed by atoms with Gasteiger partial charge in [-0.25, -0.2) is 0 Å². The van der Waals surface area contributed by atoms with Gasteiger partial charge < -0.3 is 10.0 Å². The van der Waals surface area contributed by atoms with Gasteiger partial charge in [-0.15, -0.1) is 0 Å². The van der Waals surface area contributed by atoms with Crippen molar-refractivity contribution in [1.82, 2.24) is 9.36 Å². The molecule has 1 heterocycles. The molecule has 0 aliphatic heterocycles. The highest BCUT2D eigenvalue weighted by Crippen LogP contribution is 2.29. The summed E-state index contributed by atoms with van der Waals surface area (Å²) >= 11 is 0.658. The number of anilines is 1. The van der Waals surface area contributed by atoms with E-state index in [1.165, 1.54) is 11.9 Å². The highest BCUT2D eigenvalue weighted by molar-refractivity contribution is 7.09. The summed E-state index contributed by atoms with van der Waals surface area (Å²) in [6, 6.07) is 0. The molecule has 0 aliphatic carbocycles. The summed E-state index contributed by atoms with van der Waals surface area (Å²) in [7, 11) is 1.54. The summed E-state index contributed by atoms with van der Waals surface area (Å²) in [5, 5.41) is 8.70. The molecule has 0 bridgehead atoms. The van der Waals surface area contributed by atoms with E-state index in [1.807, 2.05) is 0 Å². The molecule has 0 aromatic carbocycles. The van der Waals surface area contributed by atoms with Gasteiger partial charge in [0.25, 0.3) is 0 Å². The third-order valence-electron chi connectivity index (χ3n) is 1.43. The molecule has 0 saturated heterocycles. The van der Waals surface area contributed by atoms with Gasteiger partial charge in [-0.2, -0.15) is 22.5 Å². The van der Waals surface area contributed by atoms with E-state index in [4.69, 9.17) is 5.11 Å². The van der Waals surface area contributed by atoms with E-state index < -0.39 is 12.0 Å². The van der Waals surface area contributed by atoms with Crippen LogP contribution in [0, 0.1) is 0 Å². The third kappa shape index (κ3) is 2.55. The molecule has 1 aromatic heterocycles. The zero-order chi connectivity index (χ0) is 10.8. The second kappa shape index (κ2) is 4.09. The van der Waals surface area contributed by atoms with Crippen molar-refractivity contribution in [2.24, 2.45) is 0 Å². The molecule has 0 unspecified atom stereocenters. The number of hydrogen-bond acceptors (Lipinski definition) is 5. The van der Waals surface area contributed by atoms with E-state index in [9.17, 15) is 13.2 Å². The predicted octanol–water partition coefficient (Wildman–Crippen LogP) is 0.985. The Morgan fingerprint density at radius 2 is 2.14 bits per heavy atom. The minimum absolute atomic E-state index is 0.141. The number of aromatic nitrogens is 2. The van der Waals surface area contributed by atoms with Crippen LogP contribution in [-0.2, 0) is 6.18 Å². The number of aliphatic hydroxyl groups is 1. The van der Waals surface area contributed by atoms with Crippen LogP contribution in [0.25, 0.3) is 0 Å². The predicted molar refractivity (Wildman–Crippen MR) is 45.3 cm³/mol. The van der Waals surface area contributed by atoms with E-state index in [0.717, 1.165) is 0 Å². The lowest BCUT2D eigenvalue weighted by Crippen LogP contribution is -2.21. The Hall–Kier alpha value is -0.890.